The number of nitrogens with one attached hydrogen (secondary N) is 1. The van der Waals surface area contributed by atoms with Gasteiger partial charge in [-0.2, -0.15) is 0 Å². The van der Waals surface area contributed by atoms with Crippen LogP contribution in [-0.2, 0) is 4.79 Å². The lowest BCUT2D eigenvalue weighted by atomic mass is 9.96. The van der Waals surface area contributed by atoms with Gasteiger partial charge in [-0.25, -0.2) is 0 Å². The van der Waals surface area contributed by atoms with Gasteiger partial charge < -0.3 is 20.1 Å². The number of amides is 1. The molecule has 0 bridgehead atoms. The third-order valence-electron chi connectivity index (χ3n) is 4.58. The van der Waals surface area contributed by atoms with Gasteiger partial charge in [0.1, 0.15) is 18.0 Å². The molecule has 5 nitrogen and oxygen atoms in total. The normalized spacial score (nSPS) is 26.1. The summed E-state index contributed by atoms with van der Waals surface area (Å²) >= 11 is 0. The second-order valence-corrected chi connectivity index (χ2v) is 6.36. The fourth-order valence-electron chi connectivity index (χ4n) is 3.22. The molecule has 1 amide bonds. The maximum Gasteiger partial charge on any atom is 0.225 e. The first kappa shape index (κ1) is 15.3. The number of hydrogen-bond acceptors (Lipinski definition) is 4. The highest BCUT2D eigenvalue weighted by Crippen LogP contribution is 2.26. The number of β-amino-alcohol motifs (C(OH)–C–C–N with tert-alkyl or cyclic N) is 1. The number of hydrogen-bond donors (Lipinski definition) is 2. The number of rotatable bonds is 4. The molecular weight excluding hydrogens is 280 g/mol. The molecule has 1 unspecified atom stereocenters. The number of carbonyl (C=O) groups is 1. The fourth-order valence-corrected chi connectivity index (χ4v) is 3.22. The minimum atomic E-state index is -0.932. The van der Waals surface area contributed by atoms with Crippen molar-refractivity contribution in [3.05, 3.63) is 30.3 Å². The third kappa shape index (κ3) is 3.59. The van der Waals surface area contributed by atoms with Crippen LogP contribution in [0.15, 0.2) is 30.3 Å². The Labute approximate surface area is 131 Å². The number of carbonyl (C=O) groups excluding carboxylic acids is 1. The Kier molecular flexibility index (Phi) is 4.64. The largest absolute Gasteiger partial charge is 0.491 e. The molecular formula is C17H24N2O3. The molecule has 2 fully saturated rings. The van der Waals surface area contributed by atoms with Crippen molar-refractivity contribution in [1.82, 2.24) is 10.2 Å². The van der Waals surface area contributed by atoms with Crippen LogP contribution in [0.4, 0.5) is 0 Å². The number of piperidine rings is 1. The van der Waals surface area contributed by atoms with Crippen molar-refractivity contribution < 1.29 is 14.6 Å². The monoisotopic (exact) mass is 304 g/mol. The van der Waals surface area contributed by atoms with Crippen LogP contribution in [0.25, 0.3) is 0 Å². The molecule has 5 heteroatoms. The van der Waals surface area contributed by atoms with Gasteiger partial charge in [0.2, 0.25) is 5.91 Å². The number of aliphatic hydroxyl groups is 1. The van der Waals surface area contributed by atoms with Crippen molar-refractivity contribution >= 4 is 5.91 Å². The maximum atomic E-state index is 12.5. The Morgan fingerprint density at radius 2 is 2.05 bits per heavy atom. The summed E-state index contributed by atoms with van der Waals surface area (Å²) in [5, 5.41) is 13.9. The van der Waals surface area contributed by atoms with Crippen LogP contribution >= 0.6 is 0 Å². The van der Waals surface area contributed by atoms with Gasteiger partial charge in [-0.1, -0.05) is 18.2 Å². The molecule has 0 aromatic heterocycles. The van der Waals surface area contributed by atoms with Crippen LogP contribution in [0, 0.1) is 5.92 Å². The molecule has 2 saturated heterocycles. The van der Waals surface area contributed by atoms with Crippen molar-refractivity contribution in [1.29, 1.82) is 0 Å². The molecule has 3 rings (SSSR count). The zero-order valence-corrected chi connectivity index (χ0v) is 12.8. The molecule has 1 aromatic rings. The predicted molar refractivity (Wildman–Crippen MR) is 83.7 cm³/mol. The highest BCUT2D eigenvalue weighted by atomic mass is 16.5. The molecule has 1 atom stereocenters. The van der Waals surface area contributed by atoms with Crippen LogP contribution in [0.3, 0.4) is 0 Å². The van der Waals surface area contributed by atoms with Crippen molar-refractivity contribution in [3.63, 3.8) is 0 Å². The number of para-hydroxylation sites is 1. The van der Waals surface area contributed by atoms with E-state index in [0.29, 0.717) is 19.5 Å². The highest BCUT2D eigenvalue weighted by molar-refractivity contribution is 5.79. The molecule has 0 spiro atoms. The number of benzene rings is 1. The van der Waals surface area contributed by atoms with E-state index in [9.17, 15) is 9.90 Å². The SMILES string of the molecule is O=C(C1CCNCC1)N1CCC(O)(COc2ccccc2)C1. The highest BCUT2D eigenvalue weighted by Gasteiger charge is 2.40. The summed E-state index contributed by atoms with van der Waals surface area (Å²) in [5.41, 5.74) is -0.932. The van der Waals surface area contributed by atoms with E-state index in [1.807, 2.05) is 35.2 Å². The number of likely N-dealkylation sites (tertiary alicyclic amines) is 1. The van der Waals surface area contributed by atoms with E-state index in [0.717, 1.165) is 31.7 Å². The smallest absolute Gasteiger partial charge is 0.225 e. The summed E-state index contributed by atoms with van der Waals surface area (Å²) in [7, 11) is 0. The number of nitrogens with zero attached hydrogens (tertiary/aromatic N) is 1. The van der Waals surface area contributed by atoms with Gasteiger partial charge in [-0.3, -0.25) is 4.79 Å². The summed E-state index contributed by atoms with van der Waals surface area (Å²) in [6.45, 7) is 3.05. The first-order chi connectivity index (χ1) is 10.7. The molecule has 2 heterocycles. The molecule has 2 aliphatic heterocycles. The standard InChI is InChI=1S/C17H24N2O3/c20-16(14-6-9-18-10-7-14)19-11-8-17(21,12-19)13-22-15-4-2-1-3-5-15/h1-5,14,18,21H,6-13H2. The van der Waals surface area contributed by atoms with Crippen LogP contribution < -0.4 is 10.1 Å². The van der Waals surface area contributed by atoms with Crippen LogP contribution in [0.1, 0.15) is 19.3 Å². The number of ether oxygens (including phenoxy) is 1. The lowest BCUT2D eigenvalue weighted by Crippen LogP contribution is -2.44. The predicted octanol–water partition coefficient (Wildman–Crippen LogP) is 1.03. The lowest BCUT2D eigenvalue weighted by molar-refractivity contribution is -0.136. The van der Waals surface area contributed by atoms with E-state index >= 15 is 0 Å². The van der Waals surface area contributed by atoms with Crippen LogP contribution in [-0.4, -0.2) is 54.3 Å². The van der Waals surface area contributed by atoms with E-state index < -0.39 is 5.60 Å². The van der Waals surface area contributed by atoms with E-state index in [1.54, 1.807) is 0 Å². The summed E-state index contributed by atoms with van der Waals surface area (Å²) in [5.74, 6) is 1.05. The summed E-state index contributed by atoms with van der Waals surface area (Å²) in [6.07, 6.45) is 2.37. The molecule has 2 N–H and O–H groups in total. The summed E-state index contributed by atoms with van der Waals surface area (Å²) < 4.78 is 5.67. The quantitative estimate of drug-likeness (QED) is 0.872. The van der Waals surface area contributed by atoms with Crippen LogP contribution in [0.2, 0.25) is 0 Å². The molecule has 1 aromatic carbocycles. The Morgan fingerprint density at radius 1 is 1.32 bits per heavy atom. The van der Waals surface area contributed by atoms with E-state index in [4.69, 9.17) is 4.74 Å². The van der Waals surface area contributed by atoms with Gasteiger partial charge in [0.15, 0.2) is 0 Å². The topological polar surface area (TPSA) is 61.8 Å². The zero-order chi connectivity index (χ0) is 15.4. The first-order valence-corrected chi connectivity index (χ1v) is 8.06. The van der Waals surface area contributed by atoms with Gasteiger partial charge >= 0.3 is 0 Å². The van der Waals surface area contributed by atoms with Gasteiger partial charge in [-0.15, -0.1) is 0 Å². The Balaban J connectivity index is 1.53. The average molecular weight is 304 g/mol. The molecule has 120 valence electrons. The van der Waals surface area contributed by atoms with Gasteiger partial charge in [0.25, 0.3) is 0 Å². The second kappa shape index (κ2) is 6.67. The Bertz CT molecular complexity index is 502. The molecule has 0 saturated carbocycles. The van der Waals surface area contributed by atoms with Crippen molar-refractivity contribution in [2.45, 2.75) is 24.9 Å². The van der Waals surface area contributed by atoms with Gasteiger partial charge in [0.05, 0.1) is 6.54 Å². The average Bonchev–Trinajstić information content (AvgIpc) is 2.97. The minimum Gasteiger partial charge on any atom is -0.491 e. The second-order valence-electron chi connectivity index (χ2n) is 6.36. The molecule has 2 aliphatic rings. The van der Waals surface area contributed by atoms with Crippen molar-refractivity contribution in [2.75, 3.05) is 32.8 Å². The maximum absolute atomic E-state index is 12.5. The van der Waals surface area contributed by atoms with Gasteiger partial charge in [-0.05, 0) is 44.5 Å². The molecule has 0 aliphatic carbocycles. The van der Waals surface area contributed by atoms with Crippen molar-refractivity contribution in [3.8, 4) is 5.75 Å². The summed E-state index contributed by atoms with van der Waals surface area (Å²) in [6, 6.07) is 9.48. The van der Waals surface area contributed by atoms with E-state index in [1.165, 1.54) is 0 Å². The first-order valence-electron chi connectivity index (χ1n) is 8.06. The summed E-state index contributed by atoms with van der Waals surface area (Å²) in [4.78, 5) is 14.3. The minimum absolute atomic E-state index is 0.110. The molecule has 0 radical (unpaired) electrons. The lowest BCUT2D eigenvalue weighted by Gasteiger charge is -2.28. The van der Waals surface area contributed by atoms with E-state index in [2.05, 4.69) is 5.32 Å². The van der Waals surface area contributed by atoms with Crippen LogP contribution in [0.5, 0.6) is 5.75 Å². The Hall–Kier alpha value is -1.59. The van der Waals surface area contributed by atoms with E-state index in [-0.39, 0.29) is 18.4 Å². The Morgan fingerprint density at radius 3 is 2.77 bits per heavy atom. The fraction of sp³-hybridized carbons (Fsp3) is 0.588. The molecule has 22 heavy (non-hydrogen) atoms. The van der Waals surface area contributed by atoms with Crippen molar-refractivity contribution in [2.24, 2.45) is 5.92 Å². The third-order valence-corrected chi connectivity index (χ3v) is 4.58. The van der Waals surface area contributed by atoms with Gasteiger partial charge in [0, 0.05) is 12.5 Å². The zero-order valence-electron chi connectivity index (χ0n) is 12.8.